The molecule has 384 valence electrons. The number of aryl methyl sites for hydroxylation is 1. The number of allylic oxidation sites excluding steroid dienone is 3. The molecule has 2 saturated heterocycles. The number of hydrogen-bond donors (Lipinski definition) is 4. The van der Waals surface area contributed by atoms with E-state index in [-0.39, 0.29) is 55.1 Å². The minimum absolute atomic E-state index is 0.00153. The zero-order valence-electron chi connectivity index (χ0n) is 41.7. The zero-order valence-corrected chi connectivity index (χ0v) is 44.1. The van der Waals surface area contributed by atoms with Crippen molar-refractivity contribution in [3.8, 4) is 0 Å². The van der Waals surface area contributed by atoms with Crippen molar-refractivity contribution in [2.24, 2.45) is 11.8 Å². The van der Waals surface area contributed by atoms with Gasteiger partial charge in [-0.3, -0.25) is 29.3 Å². The largest absolute Gasteiger partial charge is 0.481 e. The summed E-state index contributed by atoms with van der Waals surface area (Å²) < 4.78 is 23.5. The fourth-order valence-electron chi connectivity index (χ4n) is 8.39. The number of methoxy groups -OCH3 is 1. The fraction of sp³-hybridized carbons (Fsp3) is 0.653. The molecule has 1 aromatic rings. The molecule has 9 atom stereocenters. The van der Waals surface area contributed by atoms with E-state index in [0.29, 0.717) is 42.1 Å². The number of ketones is 1. The maximum absolute atomic E-state index is 14.3. The maximum atomic E-state index is 14.3. The van der Waals surface area contributed by atoms with Crippen LogP contribution in [0.2, 0.25) is 5.02 Å². The number of anilines is 1. The Morgan fingerprint density at radius 3 is 2.49 bits per heavy atom. The predicted octanol–water partition coefficient (Wildman–Crippen LogP) is 6.72. The Hall–Kier alpha value is -4.14. The van der Waals surface area contributed by atoms with Crippen LogP contribution in [0, 0.1) is 18.8 Å². The summed E-state index contributed by atoms with van der Waals surface area (Å²) in [5.41, 5.74) is -0.0239. The summed E-state index contributed by atoms with van der Waals surface area (Å²) in [7, 11) is 7.75. The third-order valence-electron chi connectivity index (χ3n) is 13.1. The number of aliphatic hydroxyl groups is 1. The molecule has 3 aliphatic heterocycles. The van der Waals surface area contributed by atoms with Crippen molar-refractivity contribution in [3.63, 3.8) is 0 Å². The third kappa shape index (κ3) is 15.9. The van der Waals surface area contributed by atoms with Gasteiger partial charge >= 0.3 is 18.0 Å². The number of halogens is 1. The molecule has 17 nitrogen and oxygen atoms in total. The smallest absolute Gasteiger partial charge is 0.409 e. The highest BCUT2D eigenvalue weighted by molar-refractivity contribution is 8.77. The Kier molecular flexibility index (Phi) is 20.6. The molecule has 1 unspecified atom stereocenters. The Balaban J connectivity index is 1.42. The second kappa shape index (κ2) is 24.8. The van der Waals surface area contributed by atoms with Gasteiger partial charge in [0.1, 0.15) is 35.7 Å². The Bertz CT molecular complexity index is 2140. The van der Waals surface area contributed by atoms with Crippen molar-refractivity contribution in [2.45, 2.75) is 160 Å². The minimum Gasteiger partial charge on any atom is -0.481 e. The summed E-state index contributed by atoms with van der Waals surface area (Å²) in [6.07, 6.45) is 2.36. The molecule has 69 heavy (non-hydrogen) atoms. The lowest BCUT2D eigenvalue weighted by molar-refractivity contribution is -0.162. The van der Waals surface area contributed by atoms with Gasteiger partial charge in [0.2, 0.25) is 17.7 Å². The molecule has 0 radical (unpaired) electrons. The van der Waals surface area contributed by atoms with Crippen LogP contribution >= 0.6 is 33.2 Å². The Morgan fingerprint density at radius 2 is 1.83 bits per heavy atom. The van der Waals surface area contributed by atoms with Gasteiger partial charge in [-0.05, 0) is 78.0 Å². The van der Waals surface area contributed by atoms with Crippen LogP contribution in [0.3, 0.4) is 0 Å². The number of alkyl carbamates (subject to hydrolysis) is 1. The number of aliphatic carboxylic acids is 1. The van der Waals surface area contributed by atoms with Crippen LogP contribution in [0.5, 0.6) is 0 Å². The number of carboxylic acid groups (broad SMARTS) is 1. The van der Waals surface area contributed by atoms with Gasteiger partial charge in [-0.2, -0.15) is 0 Å². The van der Waals surface area contributed by atoms with Crippen LogP contribution < -0.4 is 15.5 Å². The molecular formula is C49H71ClN4O13S2. The van der Waals surface area contributed by atoms with Gasteiger partial charge in [-0.1, -0.05) is 76.9 Å². The van der Waals surface area contributed by atoms with Crippen LogP contribution in [-0.4, -0.2) is 137 Å². The normalized spacial score (nSPS) is 27.3. The van der Waals surface area contributed by atoms with Gasteiger partial charge in [0.15, 0.2) is 5.72 Å². The summed E-state index contributed by atoms with van der Waals surface area (Å²) in [6.45, 7) is 14.6. The molecule has 20 heteroatoms. The number of Topliss-reactive ketones (excluding diaryl/α,β-unsaturated/α-hetero) is 1. The van der Waals surface area contributed by atoms with E-state index >= 15 is 0 Å². The van der Waals surface area contributed by atoms with Gasteiger partial charge in [-0.15, -0.1) is 0 Å². The second-order valence-electron chi connectivity index (χ2n) is 19.4. The Labute approximate surface area is 418 Å². The molecule has 2 fully saturated rings. The van der Waals surface area contributed by atoms with Crippen molar-refractivity contribution >= 4 is 80.4 Å². The number of carboxylic acids is 1. The number of benzene rings is 1. The lowest BCUT2D eigenvalue weighted by Gasteiger charge is -2.42. The molecule has 0 aromatic heterocycles. The molecule has 0 aliphatic carbocycles. The highest BCUT2D eigenvalue weighted by Gasteiger charge is 2.64. The standard InChI is InChI=1S/C49H71ClN4O13S2/c1-28-14-12-16-37(64-11)49(63)27-36(65-46(62)52-49)31(4)43-48(8,67-43)38(26-40(57)54(10)35-25-33(22-28)23-29(2)42(35)50)66-45(61)32(5)53(9)39(56)17-19-47(6,7)69-68-21-13-15-34(55)18-20-51-44(60)30(3)24-41(58)59/h12,14,16,23,25,30-32,36-38,43,63H,13,15,17-22,24,26-27H2,1-11H3,(H,51,60)(H,52,62)(H,58,59)/b16-12+,28-14+/t30?,31-,32+,36+,37-,38+,43+,48+,49+/m1/s1. The number of likely N-dealkylation sites (N-methyl/N-ethyl adjacent to an activating group) is 1. The van der Waals surface area contributed by atoms with E-state index in [9.17, 15) is 38.7 Å². The van der Waals surface area contributed by atoms with E-state index in [0.717, 1.165) is 16.7 Å². The molecule has 4 bridgehead atoms. The lowest BCUT2D eigenvalue weighted by Crippen LogP contribution is -2.63. The molecule has 3 aliphatic rings. The highest BCUT2D eigenvalue weighted by Crippen LogP contribution is 2.49. The maximum Gasteiger partial charge on any atom is 0.409 e. The van der Waals surface area contributed by atoms with Crippen molar-refractivity contribution in [3.05, 3.63) is 52.1 Å². The number of rotatable bonds is 19. The number of ether oxygens (including phenoxy) is 4. The summed E-state index contributed by atoms with van der Waals surface area (Å²) in [4.78, 5) is 92.9. The molecule has 0 spiro atoms. The van der Waals surface area contributed by atoms with Gasteiger partial charge in [0, 0.05) is 75.8 Å². The number of carbonyl (C=O) groups excluding carboxylic acids is 6. The van der Waals surface area contributed by atoms with Crippen LogP contribution in [0.4, 0.5) is 10.5 Å². The van der Waals surface area contributed by atoms with Gasteiger partial charge in [0.25, 0.3) is 0 Å². The zero-order chi connectivity index (χ0) is 51.6. The van der Waals surface area contributed by atoms with Crippen LogP contribution in [-0.2, 0) is 54.1 Å². The van der Waals surface area contributed by atoms with Crippen LogP contribution in [0.25, 0.3) is 0 Å². The number of nitrogens with one attached hydrogen (secondary N) is 2. The number of fused-ring (bicyclic) bond motifs is 5. The van der Waals surface area contributed by atoms with E-state index in [4.69, 9.17) is 35.7 Å². The first-order chi connectivity index (χ1) is 32.2. The number of amides is 4. The minimum atomic E-state index is -1.85. The summed E-state index contributed by atoms with van der Waals surface area (Å²) >= 11 is 6.82. The Morgan fingerprint density at radius 1 is 1.13 bits per heavy atom. The van der Waals surface area contributed by atoms with Gasteiger partial charge in [0.05, 0.1) is 29.7 Å². The highest BCUT2D eigenvalue weighted by atomic mass is 35.5. The number of esters is 1. The predicted molar refractivity (Wildman–Crippen MR) is 266 cm³/mol. The first-order valence-electron chi connectivity index (χ1n) is 23.3. The van der Waals surface area contributed by atoms with Crippen molar-refractivity contribution in [1.29, 1.82) is 0 Å². The number of epoxide rings is 1. The van der Waals surface area contributed by atoms with E-state index in [1.807, 2.05) is 45.9 Å². The van der Waals surface area contributed by atoms with Gasteiger partial charge in [-0.25, -0.2) is 9.59 Å². The molecule has 0 saturated carbocycles. The SMILES string of the molecule is CO[C@@H]1/C=C/C=C(\C)Cc2cc(C)c(Cl)c(c2)N(C)C(=O)C[C@H](OC(=O)[C@H](C)N(C)C(=O)CCC(C)(C)SSCCCC(=O)CCNC(=O)C(C)CC(=O)O)[C@]2(C)O[C@H]2[C@H](C)[C@@H]2C[C@@]1(O)NC(=O)O2. The molecule has 4 rings (SSSR count). The first kappa shape index (κ1) is 57.4. The van der Waals surface area contributed by atoms with Crippen molar-refractivity contribution in [1.82, 2.24) is 15.5 Å². The lowest BCUT2D eigenvalue weighted by atomic mass is 9.83. The van der Waals surface area contributed by atoms with Crippen LogP contribution in [0.1, 0.15) is 111 Å². The topological polar surface area (TPSA) is 231 Å². The van der Waals surface area contributed by atoms with E-state index < -0.39 is 83.5 Å². The van der Waals surface area contributed by atoms with Gasteiger partial charge < -0.3 is 44.3 Å². The summed E-state index contributed by atoms with van der Waals surface area (Å²) in [5, 5.41) is 26.2. The molecule has 3 heterocycles. The molecular weight excluding hydrogens is 952 g/mol. The van der Waals surface area contributed by atoms with Crippen LogP contribution in [0.15, 0.2) is 35.9 Å². The van der Waals surface area contributed by atoms with Crippen molar-refractivity contribution < 1.29 is 62.7 Å². The molecule has 4 amide bonds. The van der Waals surface area contributed by atoms with E-state index in [1.54, 1.807) is 61.6 Å². The summed E-state index contributed by atoms with van der Waals surface area (Å²) in [5.74, 6) is -3.46. The second-order valence-corrected chi connectivity index (χ2v) is 22.9. The van der Waals surface area contributed by atoms with Crippen molar-refractivity contribution in [2.75, 3.05) is 38.4 Å². The third-order valence-corrected chi connectivity index (χ3v) is 17.0. The molecule has 4 N–H and O–H groups in total. The fourth-order valence-corrected chi connectivity index (χ4v) is 11.3. The summed E-state index contributed by atoms with van der Waals surface area (Å²) in [6, 6.07) is 2.74. The quantitative estimate of drug-likeness (QED) is 0.0488. The monoisotopic (exact) mass is 1020 g/mol. The average Bonchev–Trinajstić information content (AvgIpc) is 3.97. The molecule has 1 aromatic carbocycles. The first-order valence-corrected chi connectivity index (χ1v) is 26.0. The number of nitrogens with zero attached hydrogens (tertiary/aromatic N) is 2. The number of carbonyl (C=O) groups is 7. The average molecular weight is 1020 g/mol. The number of hydrogen-bond acceptors (Lipinski definition) is 14. The van der Waals surface area contributed by atoms with E-state index in [2.05, 4.69) is 10.6 Å². The van der Waals surface area contributed by atoms with E-state index in [1.165, 1.54) is 30.9 Å².